The van der Waals surface area contributed by atoms with Gasteiger partial charge in [-0.2, -0.15) is 0 Å². The molecule has 0 spiro atoms. The van der Waals surface area contributed by atoms with Crippen LogP contribution in [0.25, 0.3) is 0 Å². The van der Waals surface area contributed by atoms with E-state index in [0.717, 1.165) is 19.3 Å². The largest absolute Gasteiger partial charge is 0.524 e. The molecule has 2 bridgehead atoms. The maximum absolute atomic E-state index is 13.3. The second kappa shape index (κ2) is 10.0. The third-order valence-corrected chi connectivity index (χ3v) is 10.4. The van der Waals surface area contributed by atoms with E-state index in [-0.39, 0.29) is 34.3 Å². The van der Waals surface area contributed by atoms with E-state index < -0.39 is 42.9 Å². The third kappa shape index (κ3) is 5.16. The van der Waals surface area contributed by atoms with Crippen molar-refractivity contribution in [1.82, 2.24) is 5.32 Å². The van der Waals surface area contributed by atoms with Crippen LogP contribution in [0.15, 0.2) is 24.3 Å². The van der Waals surface area contributed by atoms with Gasteiger partial charge in [-0.25, -0.2) is 9.36 Å². The number of Topliss-reactive ketones (excluding diaryl/α,β-unsaturated/α-hetero) is 1. The van der Waals surface area contributed by atoms with Crippen LogP contribution in [-0.2, 0) is 14.1 Å². The fourth-order valence-corrected chi connectivity index (χ4v) is 7.69. The van der Waals surface area contributed by atoms with Gasteiger partial charge in [0.05, 0.1) is 6.10 Å². The first-order chi connectivity index (χ1) is 17.6. The average Bonchev–Trinajstić information content (AvgIpc) is 3.16. The summed E-state index contributed by atoms with van der Waals surface area (Å²) in [7, 11) is -4.74. The van der Waals surface area contributed by atoms with Crippen LogP contribution in [-0.4, -0.2) is 44.9 Å². The molecule has 3 aliphatic rings. The topological polar surface area (TPSA) is 159 Å². The molecule has 0 heterocycles. The van der Waals surface area contributed by atoms with E-state index in [0.29, 0.717) is 25.7 Å². The predicted molar refractivity (Wildman–Crippen MR) is 137 cm³/mol. The molecule has 4 N–H and O–H groups in total. The number of imide groups is 1. The number of carbonyl (C=O) groups excluding carboxylic acids is 3. The normalized spacial score (nSPS) is 37.0. The first-order valence-corrected chi connectivity index (χ1v) is 14.7. The summed E-state index contributed by atoms with van der Waals surface area (Å²) >= 11 is 0. The van der Waals surface area contributed by atoms with Gasteiger partial charge in [0.1, 0.15) is 17.6 Å². The zero-order valence-corrected chi connectivity index (χ0v) is 23.2. The van der Waals surface area contributed by atoms with Crippen molar-refractivity contribution >= 4 is 25.6 Å². The zero-order chi connectivity index (χ0) is 28.1. The number of alkyl carbamates (subject to hydrolysis) is 1. The highest BCUT2D eigenvalue weighted by Gasteiger charge is 2.66. The highest BCUT2D eigenvalue weighted by atomic mass is 31.2. The van der Waals surface area contributed by atoms with Gasteiger partial charge in [0.15, 0.2) is 0 Å². The number of aliphatic hydroxyl groups is 1. The maximum atomic E-state index is 13.3. The predicted octanol–water partition coefficient (Wildman–Crippen LogP) is 4.37. The second-order valence-electron chi connectivity index (χ2n) is 12.0. The molecule has 1 aromatic carbocycles. The minimum atomic E-state index is -4.74. The lowest BCUT2D eigenvalue weighted by Gasteiger charge is -2.59. The van der Waals surface area contributed by atoms with E-state index in [1.165, 1.54) is 24.3 Å². The van der Waals surface area contributed by atoms with Gasteiger partial charge >= 0.3 is 13.9 Å². The molecular weight excluding hydrogens is 513 g/mol. The number of hydrogen-bond acceptors (Lipinski definition) is 7. The van der Waals surface area contributed by atoms with E-state index >= 15 is 0 Å². The van der Waals surface area contributed by atoms with Crippen LogP contribution in [0.2, 0.25) is 0 Å². The SMILES string of the molecule is CC[C@]1(C)C[C@@H](OC(=O)NC(=O)c2ccc(OP(=O)(O)O)cc2)[C@]2(C)[C@H](C)CCC3(CCC(=O)[C@H]32)C[C@@H]1O. The number of nitrogens with one attached hydrogen (secondary N) is 1. The molecule has 0 radical (unpaired) electrons. The summed E-state index contributed by atoms with van der Waals surface area (Å²) in [6, 6.07) is 4.95. The van der Waals surface area contributed by atoms with Crippen molar-refractivity contribution in [2.75, 3.05) is 0 Å². The first-order valence-electron chi connectivity index (χ1n) is 13.2. The molecule has 0 aliphatic heterocycles. The molecule has 3 aliphatic carbocycles. The van der Waals surface area contributed by atoms with Crippen LogP contribution in [0, 0.1) is 28.1 Å². The number of hydrogen-bond donors (Lipinski definition) is 4. The molecule has 3 saturated carbocycles. The van der Waals surface area contributed by atoms with Crippen LogP contribution >= 0.6 is 7.82 Å². The zero-order valence-electron chi connectivity index (χ0n) is 22.3. The van der Waals surface area contributed by atoms with Crippen molar-refractivity contribution in [3.05, 3.63) is 29.8 Å². The van der Waals surface area contributed by atoms with Gasteiger partial charge in [-0.15, -0.1) is 0 Å². The van der Waals surface area contributed by atoms with Gasteiger partial charge in [0, 0.05) is 23.3 Å². The number of carbonyl (C=O) groups is 3. The second-order valence-corrected chi connectivity index (χ2v) is 13.1. The highest BCUT2D eigenvalue weighted by molar-refractivity contribution is 7.46. The number of phosphoric ester groups is 1. The molecular formula is C27H38NO9P. The summed E-state index contributed by atoms with van der Waals surface area (Å²) in [5.41, 5.74) is -1.44. The summed E-state index contributed by atoms with van der Waals surface area (Å²) in [4.78, 5) is 57.0. The van der Waals surface area contributed by atoms with Crippen LogP contribution in [0.3, 0.4) is 0 Å². The Morgan fingerprint density at radius 3 is 2.39 bits per heavy atom. The van der Waals surface area contributed by atoms with Gasteiger partial charge in [-0.3, -0.25) is 24.7 Å². The van der Waals surface area contributed by atoms with Crippen molar-refractivity contribution in [2.45, 2.75) is 84.8 Å². The van der Waals surface area contributed by atoms with Crippen molar-refractivity contribution < 1.29 is 43.1 Å². The lowest BCUT2D eigenvalue weighted by Crippen LogP contribution is -2.61. The van der Waals surface area contributed by atoms with Crippen LogP contribution in [0.5, 0.6) is 5.75 Å². The van der Waals surface area contributed by atoms with Crippen LogP contribution in [0.4, 0.5) is 4.79 Å². The Morgan fingerprint density at radius 1 is 1.13 bits per heavy atom. The number of ketones is 1. The van der Waals surface area contributed by atoms with E-state index in [4.69, 9.17) is 14.5 Å². The summed E-state index contributed by atoms with van der Waals surface area (Å²) in [5, 5.41) is 13.6. The third-order valence-electron chi connectivity index (χ3n) is 9.93. The van der Waals surface area contributed by atoms with E-state index in [1.54, 1.807) is 0 Å². The lowest BCUT2D eigenvalue weighted by atomic mass is 9.46. The first kappa shape index (κ1) is 28.7. The van der Waals surface area contributed by atoms with Gasteiger partial charge in [0.2, 0.25) is 0 Å². The number of amides is 2. The molecule has 0 saturated heterocycles. The van der Waals surface area contributed by atoms with Gasteiger partial charge in [-0.05, 0) is 79.5 Å². The quantitative estimate of drug-likeness (QED) is 0.390. The van der Waals surface area contributed by atoms with Crippen molar-refractivity contribution in [3.8, 4) is 5.75 Å². The number of aliphatic hydroxyl groups excluding tert-OH is 1. The number of rotatable bonds is 5. The van der Waals surface area contributed by atoms with Crippen molar-refractivity contribution in [2.24, 2.45) is 28.1 Å². The molecule has 1 unspecified atom stereocenters. The van der Waals surface area contributed by atoms with E-state index in [9.17, 15) is 24.1 Å². The Kier molecular flexibility index (Phi) is 7.60. The molecule has 7 atom stereocenters. The summed E-state index contributed by atoms with van der Waals surface area (Å²) in [6.07, 6.45) is 2.21. The Bertz CT molecular complexity index is 1150. The molecule has 210 valence electrons. The number of ether oxygens (including phenoxy) is 1. The monoisotopic (exact) mass is 551 g/mol. The Hall–Kier alpha value is -2.26. The number of benzene rings is 1. The molecule has 10 nitrogen and oxygen atoms in total. The Labute approximate surface area is 222 Å². The minimum Gasteiger partial charge on any atom is -0.445 e. The molecule has 3 fully saturated rings. The highest BCUT2D eigenvalue weighted by Crippen LogP contribution is 2.66. The van der Waals surface area contributed by atoms with Gasteiger partial charge < -0.3 is 14.4 Å². The Balaban J connectivity index is 1.59. The molecule has 0 aromatic heterocycles. The minimum absolute atomic E-state index is 0.0636. The molecule has 4 rings (SSSR count). The summed E-state index contributed by atoms with van der Waals surface area (Å²) in [6.45, 7) is 8.13. The van der Waals surface area contributed by atoms with Gasteiger partial charge in [0.25, 0.3) is 5.91 Å². The van der Waals surface area contributed by atoms with Crippen molar-refractivity contribution in [3.63, 3.8) is 0 Å². The van der Waals surface area contributed by atoms with Crippen LogP contribution < -0.4 is 9.84 Å². The Morgan fingerprint density at radius 2 is 1.79 bits per heavy atom. The fraction of sp³-hybridized carbons (Fsp3) is 0.667. The summed E-state index contributed by atoms with van der Waals surface area (Å²) < 4.78 is 21.5. The van der Waals surface area contributed by atoms with E-state index in [2.05, 4.69) is 16.8 Å². The average molecular weight is 552 g/mol. The van der Waals surface area contributed by atoms with E-state index in [1.807, 2.05) is 20.8 Å². The molecule has 2 amide bonds. The molecule has 38 heavy (non-hydrogen) atoms. The summed E-state index contributed by atoms with van der Waals surface area (Å²) in [5.74, 6) is -0.962. The lowest BCUT2D eigenvalue weighted by molar-refractivity contribution is -0.179. The smallest absolute Gasteiger partial charge is 0.445 e. The van der Waals surface area contributed by atoms with Crippen LogP contribution in [0.1, 0.15) is 83.0 Å². The van der Waals surface area contributed by atoms with Crippen molar-refractivity contribution in [1.29, 1.82) is 0 Å². The number of phosphoric acid groups is 1. The molecule has 11 heteroatoms. The standard InChI is InChI=1S/C27H38NO9P/c1-5-25(3)15-21(26(4)16(2)10-12-27(14-20(25)30)13-11-19(29)22(26)27)36-24(32)28-23(31)17-6-8-18(9-7-17)37-38(33,34)35/h6-9,16,20-22,30H,5,10-15H2,1-4H3,(H,28,31,32)(H2,33,34,35)/t16-,20+,21-,22+,25-,26+,27?/m1/s1. The maximum Gasteiger partial charge on any atom is 0.524 e. The fourth-order valence-electron chi connectivity index (χ4n) is 7.29. The molecule has 1 aromatic rings. The van der Waals surface area contributed by atoms with Gasteiger partial charge in [-0.1, -0.05) is 27.7 Å².